The fraction of sp³-hybridized carbons (Fsp3) is 0.917. The summed E-state index contributed by atoms with van der Waals surface area (Å²) in [5.41, 5.74) is -0.626. The Balaban J connectivity index is 1.46. The molecule has 0 bridgehead atoms. The smallest absolute Gasteiger partial charge is 0.169 e. The molecule has 0 unspecified atom stereocenters. The molecule has 3 nitrogen and oxygen atoms in total. The molecule has 4 saturated carbocycles. The molecule has 1 aliphatic heterocycles. The van der Waals surface area contributed by atoms with Gasteiger partial charge in [0.2, 0.25) is 0 Å². The molecule has 150 valence electrons. The number of ether oxygens (including phenoxy) is 2. The van der Waals surface area contributed by atoms with Crippen LogP contribution in [0.15, 0.2) is 0 Å². The maximum Gasteiger partial charge on any atom is 0.169 e. The minimum Gasteiger partial charge on any atom is -0.377 e. The molecule has 0 radical (unpaired) electrons. The standard InChI is InChI=1S/C24H36O3/c1-5-23(25)11-9-19-18-7-6-17-15-24(26-12-13-27-24)14-16(2)22(17,4)20(18)8-10-21(19,23)3/h1,16-20,25H,6-15H2,2-4H3/t16-,17-,18-,19-,20-,21-,22-,23-/m0/s1. The molecule has 1 spiro atoms. The van der Waals surface area contributed by atoms with Crippen LogP contribution in [0.2, 0.25) is 0 Å². The lowest BCUT2D eigenvalue weighted by Gasteiger charge is -2.64. The SMILES string of the molecule is C#C[C@]1(O)CC[C@H]2[C@@H]3CC[C@H]4CC5(C[C@H](C)[C@]4(C)[C@H]3CC[C@@]21C)OCCO5. The first kappa shape index (κ1) is 18.5. The van der Waals surface area contributed by atoms with Crippen molar-refractivity contribution in [3.8, 4) is 12.3 Å². The average Bonchev–Trinajstić information content (AvgIpc) is 3.20. The minimum absolute atomic E-state index is 0.0943. The first-order valence-electron chi connectivity index (χ1n) is 11.3. The number of fused-ring (bicyclic) bond motifs is 5. The number of hydrogen-bond acceptors (Lipinski definition) is 3. The molecule has 5 fully saturated rings. The summed E-state index contributed by atoms with van der Waals surface area (Å²) in [6.07, 6.45) is 14.7. The Labute approximate surface area is 164 Å². The Kier molecular flexibility index (Phi) is 3.93. The van der Waals surface area contributed by atoms with E-state index >= 15 is 0 Å². The van der Waals surface area contributed by atoms with Gasteiger partial charge in [-0.2, -0.15) is 0 Å². The van der Waals surface area contributed by atoms with Gasteiger partial charge in [0.25, 0.3) is 0 Å². The second kappa shape index (κ2) is 5.74. The van der Waals surface area contributed by atoms with Gasteiger partial charge in [0.05, 0.1) is 13.2 Å². The van der Waals surface area contributed by atoms with E-state index in [4.69, 9.17) is 15.9 Å². The van der Waals surface area contributed by atoms with Gasteiger partial charge < -0.3 is 14.6 Å². The Morgan fingerprint density at radius 2 is 1.67 bits per heavy atom. The lowest BCUT2D eigenvalue weighted by molar-refractivity contribution is -0.249. The predicted octanol–water partition coefficient (Wildman–Crippen LogP) is 4.38. The highest BCUT2D eigenvalue weighted by Gasteiger charge is 2.66. The van der Waals surface area contributed by atoms with Crippen molar-refractivity contribution >= 4 is 0 Å². The largest absolute Gasteiger partial charge is 0.377 e. The molecule has 27 heavy (non-hydrogen) atoms. The zero-order valence-electron chi connectivity index (χ0n) is 17.3. The third-order valence-corrected chi connectivity index (χ3v) is 10.4. The van der Waals surface area contributed by atoms with Crippen LogP contribution in [0, 0.1) is 52.8 Å². The summed E-state index contributed by atoms with van der Waals surface area (Å²) in [7, 11) is 0. The molecular formula is C24H36O3. The fourth-order valence-corrected chi connectivity index (χ4v) is 8.69. The van der Waals surface area contributed by atoms with Gasteiger partial charge >= 0.3 is 0 Å². The maximum absolute atomic E-state index is 11.2. The monoisotopic (exact) mass is 372 g/mol. The lowest BCUT2D eigenvalue weighted by atomic mass is 9.42. The molecular weight excluding hydrogens is 336 g/mol. The summed E-state index contributed by atoms with van der Waals surface area (Å²) in [5, 5.41) is 11.2. The Morgan fingerprint density at radius 3 is 2.37 bits per heavy atom. The van der Waals surface area contributed by atoms with Gasteiger partial charge in [-0.15, -0.1) is 6.42 Å². The Hall–Kier alpha value is -0.560. The van der Waals surface area contributed by atoms with Crippen LogP contribution in [0.3, 0.4) is 0 Å². The van der Waals surface area contributed by atoms with E-state index in [2.05, 4.69) is 26.7 Å². The van der Waals surface area contributed by atoms with E-state index in [-0.39, 0.29) is 11.2 Å². The highest BCUT2D eigenvalue weighted by molar-refractivity contribution is 5.23. The van der Waals surface area contributed by atoms with Crippen LogP contribution in [-0.4, -0.2) is 29.7 Å². The quantitative estimate of drug-likeness (QED) is 0.641. The van der Waals surface area contributed by atoms with E-state index in [0.717, 1.165) is 51.2 Å². The van der Waals surface area contributed by atoms with E-state index in [0.29, 0.717) is 29.1 Å². The van der Waals surface area contributed by atoms with Crippen molar-refractivity contribution in [2.24, 2.45) is 40.4 Å². The van der Waals surface area contributed by atoms with E-state index in [1.165, 1.54) is 19.3 Å². The Bertz CT molecular complexity index is 661. The van der Waals surface area contributed by atoms with Crippen LogP contribution >= 0.6 is 0 Å². The van der Waals surface area contributed by atoms with Crippen LogP contribution in [0.5, 0.6) is 0 Å². The van der Waals surface area contributed by atoms with Crippen LogP contribution in [0.4, 0.5) is 0 Å². The zero-order chi connectivity index (χ0) is 19.1. The zero-order valence-corrected chi connectivity index (χ0v) is 17.3. The van der Waals surface area contributed by atoms with Gasteiger partial charge in [-0.25, -0.2) is 0 Å². The third kappa shape index (κ3) is 2.21. The minimum atomic E-state index is -0.895. The molecule has 1 heterocycles. The first-order chi connectivity index (χ1) is 12.8. The van der Waals surface area contributed by atoms with E-state index in [9.17, 15) is 5.11 Å². The van der Waals surface area contributed by atoms with Crippen molar-refractivity contribution in [1.82, 2.24) is 0 Å². The van der Waals surface area contributed by atoms with Gasteiger partial charge in [-0.05, 0) is 73.5 Å². The number of hydrogen-bond donors (Lipinski definition) is 1. The van der Waals surface area contributed by atoms with Crippen molar-refractivity contribution in [2.75, 3.05) is 13.2 Å². The molecule has 8 atom stereocenters. The summed E-state index contributed by atoms with van der Waals surface area (Å²) in [5.74, 6) is 5.86. The van der Waals surface area contributed by atoms with Gasteiger partial charge in [0.1, 0.15) is 5.60 Å². The van der Waals surface area contributed by atoms with Gasteiger partial charge in [0.15, 0.2) is 5.79 Å². The summed E-state index contributed by atoms with van der Waals surface area (Å²) in [6, 6.07) is 0. The summed E-state index contributed by atoms with van der Waals surface area (Å²) < 4.78 is 12.3. The maximum atomic E-state index is 11.2. The summed E-state index contributed by atoms with van der Waals surface area (Å²) >= 11 is 0. The normalized spacial score (nSPS) is 56.2. The fourth-order valence-electron chi connectivity index (χ4n) is 8.69. The molecule has 1 saturated heterocycles. The van der Waals surface area contributed by atoms with Gasteiger partial charge in [-0.3, -0.25) is 0 Å². The van der Waals surface area contributed by atoms with Crippen LogP contribution in [0.1, 0.15) is 72.1 Å². The number of rotatable bonds is 0. The Morgan fingerprint density at radius 1 is 0.963 bits per heavy atom. The van der Waals surface area contributed by atoms with E-state index in [1.54, 1.807) is 0 Å². The van der Waals surface area contributed by atoms with Crippen molar-refractivity contribution in [1.29, 1.82) is 0 Å². The van der Waals surface area contributed by atoms with Gasteiger partial charge in [-0.1, -0.05) is 26.7 Å². The topological polar surface area (TPSA) is 38.7 Å². The third-order valence-electron chi connectivity index (χ3n) is 10.4. The number of terminal acetylenes is 1. The molecule has 5 rings (SSSR count). The average molecular weight is 373 g/mol. The second-order valence-corrected chi connectivity index (χ2v) is 10.9. The molecule has 0 amide bonds. The molecule has 0 aromatic carbocycles. The summed E-state index contributed by atoms with van der Waals surface area (Å²) in [4.78, 5) is 0. The van der Waals surface area contributed by atoms with E-state index in [1.807, 2.05) is 0 Å². The summed E-state index contributed by atoms with van der Waals surface area (Å²) in [6.45, 7) is 8.82. The molecule has 1 N–H and O–H groups in total. The van der Waals surface area contributed by atoms with Crippen molar-refractivity contribution < 1.29 is 14.6 Å². The second-order valence-electron chi connectivity index (χ2n) is 10.9. The van der Waals surface area contributed by atoms with Gasteiger partial charge in [0, 0.05) is 18.3 Å². The van der Waals surface area contributed by atoms with Crippen molar-refractivity contribution in [3.05, 3.63) is 0 Å². The first-order valence-corrected chi connectivity index (χ1v) is 11.3. The molecule has 0 aromatic rings. The number of aliphatic hydroxyl groups is 1. The molecule has 0 aromatic heterocycles. The van der Waals surface area contributed by atoms with Crippen LogP contribution < -0.4 is 0 Å². The molecule has 4 aliphatic carbocycles. The highest BCUT2D eigenvalue weighted by atomic mass is 16.7. The highest BCUT2D eigenvalue weighted by Crippen LogP contribution is 2.70. The van der Waals surface area contributed by atoms with Crippen LogP contribution in [-0.2, 0) is 9.47 Å². The predicted molar refractivity (Wildman–Crippen MR) is 105 cm³/mol. The van der Waals surface area contributed by atoms with Crippen molar-refractivity contribution in [3.63, 3.8) is 0 Å². The van der Waals surface area contributed by atoms with E-state index < -0.39 is 5.60 Å². The molecule has 5 aliphatic rings. The van der Waals surface area contributed by atoms with Crippen molar-refractivity contribution in [2.45, 2.75) is 83.5 Å². The van der Waals surface area contributed by atoms with Crippen LogP contribution in [0.25, 0.3) is 0 Å². The lowest BCUT2D eigenvalue weighted by Crippen LogP contribution is -2.60. The molecule has 3 heteroatoms.